The van der Waals surface area contributed by atoms with Crippen LogP contribution in [-0.2, 0) is 11.2 Å². The van der Waals surface area contributed by atoms with Crippen molar-refractivity contribution in [1.29, 1.82) is 0 Å². The Bertz CT molecular complexity index is 538. The highest BCUT2D eigenvalue weighted by molar-refractivity contribution is 6.32. The molecule has 18 heavy (non-hydrogen) atoms. The minimum atomic E-state index is -0.767. The average Bonchev–Trinajstić information content (AvgIpc) is 2.82. The quantitative estimate of drug-likeness (QED) is 0.903. The van der Waals surface area contributed by atoms with Crippen molar-refractivity contribution in [2.75, 3.05) is 0 Å². The van der Waals surface area contributed by atoms with E-state index >= 15 is 0 Å². The average molecular weight is 265 g/mol. The van der Waals surface area contributed by atoms with E-state index in [1.165, 1.54) is 0 Å². The first-order valence-electron chi connectivity index (χ1n) is 5.65. The van der Waals surface area contributed by atoms with Gasteiger partial charge < -0.3 is 9.67 Å². The molecule has 0 saturated heterocycles. The molecular weight excluding hydrogens is 252 g/mol. The Morgan fingerprint density at radius 1 is 1.44 bits per heavy atom. The van der Waals surface area contributed by atoms with Gasteiger partial charge >= 0.3 is 5.97 Å². The van der Waals surface area contributed by atoms with Gasteiger partial charge in [-0.25, -0.2) is 4.98 Å². The second-order valence-corrected chi connectivity index (χ2v) is 4.41. The summed E-state index contributed by atoms with van der Waals surface area (Å²) >= 11 is 6.20. The van der Waals surface area contributed by atoms with Gasteiger partial charge in [-0.1, -0.05) is 17.7 Å². The zero-order chi connectivity index (χ0) is 13.0. The van der Waals surface area contributed by atoms with E-state index in [1.54, 1.807) is 12.5 Å². The molecule has 1 aromatic carbocycles. The van der Waals surface area contributed by atoms with E-state index in [9.17, 15) is 4.79 Å². The molecule has 1 N–H and O–H groups in total. The van der Waals surface area contributed by atoms with Gasteiger partial charge in [0.15, 0.2) is 0 Å². The monoisotopic (exact) mass is 264 g/mol. The van der Waals surface area contributed by atoms with Gasteiger partial charge in [0.2, 0.25) is 0 Å². The number of halogens is 1. The van der Waals surface area contributed by atoms with Crippen LogP contribution in [0.1, 0.15) is 18.4 Å². The second kappa shape index (κ2) is 5.69. The number of hydrogen-bond acceptors (Lipinski definition) is 2. The molecule has 2 rings (SSSR count). The Morgan fingerprint density at radius 3 is 2.89 bits per heavy atom. The van der Waals surface area contributed by atoms with Crippen LogP contribution in [0.15, 0.2) is 36.9 Å². The molecule has 0 saturated carbocycles. The van der Waals surface area contributed by atoms with Crippen LogP contribution >= 0.6 is 11.6 Å². The minimum Gasteiger partial charge on any atom is -0.481 e. The number of carboxylic acid groups (broad SMARTS) is 1. The summed E-state index contributed by atoms with van der Waals surface area (Å²) in [5.74, 6) is -0.767. The Balaban J connectivity index is 2.08. The third-order valence-electron chi connectivity index (χ3n) is 2.65. The van der Waals surface area contributed by atoms with Crippen molar-refractivity contribution < 1.29 is 9.90 Å². The van der Waals surface area contributed by atoms with Crippen LogP contribution in [0.25, 0.3) is 5.69 Å². The highest BCUT2D eigenvalue weighted by Gasteiger charge is 2.04. The largest absolute Gasteiger partial charge is 0.481 e. The Morgan fingerprint density at radius 2 is 2.28 bits per heavy atom. The molecule has 0 bridgehead atoms. The summed E-state index contributed by atoms with van der Waals surface area (Å²) in [5.41, 5.74) is 1.92. The summed E-state index contributed by atoms with van der Waals surface area (Å²) in [6.45, 7) is 0. The summed E-state index contributed by atoms with van der Waals surface area (Å²) < 4.78 is 1.84. The van der Waals surface area contributed by atoms with Crippen LogP contribution in [0.4, 0.5) is 0 Å². The Labute approximate surface area is 110 Å². The second-order valence-electron chi connectivity index (χ2n) is 4.00. The van der Waals surface area contributed by atoms with E-state index in [4.69, 9.17) is 16.7 Å². The molecule has 94 valence electrons. The number of hydrogen-bond donors (Lipinski definition) is 1. The lowest BCUT2D eigenvalue weighted by Crippen LogP contribution is -1.97. The van der Waals surface area contributed by atoms with Gasteiger partial charge in [0.1, 0.15) is 0 Å². The third-order valence-corrected chi connectivity index (χ3v) is 2.95. The lowest BCUT2D eigenvalue weighted by molar-refractivity contribution is -0.137. The van der Waals surface area contributed by atoms with E-state index < -0.39 is 5.97 Å². The number of carboxylic acids is 1. The van der Waals surface area contributed by atoms with Crippen molar-refractivity contribution in [3.8, 4) is 5.69 Å². The van der Waals surface area contributed by atoms with Crippen molar-refractivity contribution in [2.45, 2.75) is 19.3 Å². The Hall–Kier alpha value is -1.81. The molecule has 0 aliphatic carbocycles. The molecule has 0 fully saturated rings. The van der Waals surface area contributed by atoms with Gasteiger partial charge in [-0.05, 0) is 30.5 Å². The number of carbonyl (C=O) groups is 1. The fourth-order valence-electron chi connectivity index (χ4n) is 1.76. The minimum absolute atomic E-state index is 0.181. The first-order chi connectivity index (χ1) is 8.66. The summed E-state index contributed by atoms with van der Waals surface area (Å²) in [4.78, 5) is 14.4. The van der Waals surface area contributed by atoms with Crippen molar-refractivity contribution >= 4 is 17.6 Å². The van der Waals surface area contributed by atoms with Gasteiger partial charge in [-0.15, -0.1) is 0 Å². The van der Waals surface area contributed by atoms with Gasteiger partial charge in [-0.3, -0.25) is 4.79 Å². The van der Waals surface area contributed by atoms with E-state index in [-0.39, 0.29) is 6.42 Å². The number of aliphatic carboxylic acids is 1. The third kappa shape index (κ3) is 3.11. The van der Waals surface area contributed by atoms with Gasteiger partial charge in [0.25, 0.3) is 0 Å². The summed E-state index contributed by atoms with van der Waals surface area (Å²) in [6.07, 6.45) is 6.72. The number of imidazole rings is 1. The number of rotatable bonds is 5. The molecule has 4 nitrogen and oxygen atoms in total. The molecule has 0 aliphatic rings. The van der Waals surface area contributed by atoms with Crippen LogP contribution in [-0.4, -0.2) is 20.6 Å². The van der Waals surface area contributed by atoms with E-state index in [0.717, 1.165) is 17.7 Å². The molecule has 0 aliphatic heterocycles. The Kier molecular flexibility index (Phi) is 3.99. The normalized spacial score (nSPS) is 10.5. The van der Waals surface area contributed by atoms with Crippen molar-refractivity contribution in [3.05, 3.63) is 47.5 Å². The highest BCUT2D eigenvalue weighted by atomic mass is 35.5. The zero-order valence-electron chi connectivity index (χ0n) is 9.71. The maximum absolute atomic E-state index is 10.4. The molecule has 0 atom stereocenters. The van der Waals surface area contributed by atoms with E-state index in [1.807, 2.05) is 29.0 Å². The SMILES string of the molecule is O=C(O)CCCc1ccc(-n2ccnc2)c(Cl)c1. The molecule has 5 heteroatoms. The van der Waals surface area contributed by atoms with Crippen LogP contribution in [0, 0.1) is 0 Å². The van der Waals surface area contributed by atoms with Crippen LogP contribution < -0.4 is 0 Å². The lowest BCUT2D eigenvalue weighted by Gasteiger charge is -2.07. The molecule has 0 radical (unpaired) electrons. The number of nitrogens with zero attached hydrogens (tertiary/aromatic N) is 2. The molecule has 1 heterocycles. The van der Waals surface area contributed by atoms with Crippen molar-refractivity contribution in [3.63, 3.8) is 0 Å². The molecule has 0 unspecified atom stereocenters. The maximum atomic E-state index is 10.4. The van der Waals surface area contributed by atoms with E-state index in [2.05, 4.69) is 4.98 Å². The number of benzene rings is 1. The predicted molar refractivity (Wildman–Crippen MR) is 69.1 cm³/mol. The lowest BCUT2D eigenvalue weighted by atomic mass is 10.1. The molecule has 0 amide bonds. The summed E-state index contributed by atoms with van der Waals surface area (Å²) in [5, 5.41) is 9.22. The van der Waals surface area contributed by atoms with Gasteiger partial charge in [0, 0.05) is 18.8 Å². The van der Waals surface area contributed by atoms with Crippen LogP contribution in [0.3, 0.4) is 0 Å². The van der Waals surface area contributed by atoms with Crippen molar-refractivity contribution in [2.24, 2.45) is 0 Å². The standard InChI is InChI=1S/C13H13ClN2O2/c14-11-8-10(2-1-3-13(17)18)4-5-12(11)16-7-6-15-9-16/h4-9H,1-3H2,(H,17,18). The fourth-order valence-corrected chi connectivity index (χ4v) is 2.06. The predicted octanol–water partition coefficient (Wildman–Crippen LogP) is 2.93. The maximum Gasteiger partial charge on any atom is 0.303 e. The van der Waals surface area contributed by atoms with Gasteiger partial charge in [0.05, 0.1) is 17.0 Å². The fraction of sp³-hybridized carbons (Fsp3) is 0.231. The van der Waals surface area contributed by atoms with Crippen molar-refractivity contribution in [1.82, 2.24) is 9.55 Å². The highest BCUT2D eigenvalue weighted by Crippen LogP contribution is 2.22. The number of aryl methyl sites for hydroxylation is 1. The van der Waals surface area contributed by atoms with Crippen LogP contribution in [0.2, 0.25) is 5.02 Å². The molecule has 0 spiro atoms. The zero-order valence-corrected chi connectivity index (χ0v) is 10.5. The topological polar surface area (TPSA) is 55.1 Å². The molecule has 2 aromatic rings. The van der Waals surface area contributed by atoms with E-state index in [0.29, 0.717) is 11.4 Å². The smallest absolute Gasteiger partial charge is 0.303 e. The first-order valence-corrected chi connectivity index (χ1v) is 6.03. The first kappa shape index (κ1) is 12.6. The molecule has 1 aromatic heterocycles. The van der Waals surface area contributed by atoms with Crippen LogP contribution in [0.5, 0.6) is 0 Å². The van der Waals surface area contributed by atoms with Gasteiger partial charge in [-0.2, -0.15) is 0 Å². The summed E-state index contributed by atoms with van der Waals surface area (Å²) in [6, 6.07) is 5.75. The number of aromatic nitrogens is 2. The summed E-state index contributed by atoms with van der Waals surface area (Å²) in [7, 11) is 0. The molecular formula is C13H13ClN2O2.